The van der Waals surface area contributed by atoms with Crippen molar-refractivity contribution < 1.29 is 14.7 Å². The second-order valence-electron chi connectivity index (χ2n) is 5.87. The molecule has 21 heavy (non-hydrogen) atoms. The molecule has 2 N–H and O–H groups in total. The molecule has 0 radical (unpaired) electrons. The molecule has 2 unspecified atom stereocenters. The summed E-state index contributed by atoms with van der Waals surface area (Å²) in [5.74, 6) is -1.02. The fourth-order valence-corrected chi connectivity index (χ4v) is 2.47. The van der Waals surface area contributed by atoms with Crippen LogP contribution < -0.4 is 10.2 Å². The third kappa shape index (κ3) is 3.17. The van der Waals surface area contributed by atoms with Gasteiger partial charge in [-0.1, -0.05) is 32.0 Å². The topological polar surface area (TPSA) is 69.6 Å². The van der Waals surface area contributed by atoms with E-state index < -0.39 is 11.9 Å². The van der Waals surface area contributed by atoms with Gasteiger partial charge in [0.15, 0.2) is 0 Å². The van der Waals surface area contributed by atoms with Crippen LogP contribution in [0.3, 0.4) is 0 Å². The summed E-state index contributed by atoms with van der Waals surface area (Å²) in [6, 6.07) is 7.15. The van der Waals surface area contributed by atoms with Crippen LogP contribution in [0.4, 0.5) is 10.5 Å². The molecule has 1 aliphatic rings. The molecule has 0 saturated heterocycles. The zero-order chi connectivity index (χ0) is 15.6. The molecule has 1 heterocycles. The Hall–Kier alpha value is -2.04. The van der Waals surface area contributed by atoms with Gasteiger partial charge >= 0.3 is 12.0 Å². The lowest BCUT2D eigenvalue weighted by atomic mass is 9.90. The van der Waals surface area contributed by atoms with Crippen LogP contribution in [-0.2, 0) is 4.79 Å². The Bertz CT molecular complexity index is 542. The van der Waals surface area contributed by atoms with Gasteiger partial charge in [0.05, 0.1) is 5.92 Å². The summed E-state index contributed by atoms with van der Waals surface area (Å²) in [5.41, 5.74) is 1.41. The van der Waals surface area contributed by atoms with Crippen LogP contribution in [0.2, 0.25) is 0 Å². The molecule has 2 rings (SSSR count). The maximum atomic E-state index is 12.4. The second-order valence-corrected chi connectivity index (χ2v) is 5.87. The number of fused-ring (bicyclic) bond motifs is 1. The average molecular weight is 290 g/mol. The molecule has 1 aromatic rings. The normalized spacial score (nSPS) is 19.0. The van der Waals surface area contributed by atoms with E-state index in [2.05, 4.69) is 19.2 Å². The summed E-state index contributed by atoms with van der Waals surface area (Å²) in [5, 5.41) is 12.3. The minimum Gasteiger partial charge on any atom is -0.481 e. The van der Waals surface area contributed by atoms with Crippen LogP contribution >= 0.6 is 0 Å². The largest absolute Gasteiger partial charge is 0.481 e. The van der Waals surface area contributed by atoms with Gasteiger partial charge in [0.25, 0.3) is 0 Å². The minimum absolute atomic E-state index is 0.0712. The summed E-state index contributed by atoms with van der Waals surface area (Å²) in [6.45, 7) is 6.49. The summed E-state index contributed by atoms with van der Waals surface area (Å²) >= 11 is 0. The van der Waals surface area contributed by atoms with Crippen molar-refractivity contribution >= 4 is 17.7 Å². The number of carbonyl (C=O) groups is 2. The number of carboxylic acid groups (broad SMARTS) is 1. The Morgan fingerprint density at radius 1 is 1.29 bits per heavy atom. The van der Waals surface area contributed by atoms with Gasteiger partial charge in [0.1, 0.15) is 0 Å². The van der Waals surface area contributed by atoms with E-state index >= 15 is 0 Å². The molecular formula is C16H22N2O3. The standard InChI is InChI=1S/C16H22N2O3/c1-10(2)11(3)17-16(21)18-9-8-13(15(19)20)12-6-4-5-7-14(12)18/h4-7,10-11,13H,8-9H2,1-3H3,(H,17,21)(H,19,20). The van der Waals surface area contributed by atoms with E-state index in [-0.39, 0.29) is 12.1 Å². The molecular weight excluding hydrogens is 268 g/mol. The highest BCUT2D eigenvalue weighted by atomic mass is 16.4. The molecule has 114 valence electrons. The first-order valence-corrected chi connectivity index (χ1v) is 7.31. The van der Waals surface area contributed by atoms with Gasteiger partial charge < -0.3 is 10.4 Å². The Morgan fingerprint density at radius 3 is 2.57 bits per heavy atom. The summed E-state index contributed by atoms with van der Waals surface area (Å²) in [4.78, 5) is 25.4. The van der Waals surface area contributed by atoms with Crippen LogP contribution in [0.1, 0.15) is 38.7 Å². The first-order chi connectivity index (χ1) is 9.91. The first-order valence-electron chi connectivity index (χ1n) is 7.31. The number of nitrogens with one attached hydrogen (secondary N) is 1. The van der Waals surface area contributed by atoms with Gasteiger partial charge in [-0.25, -0.2) is 4.79 Å². The third-order valence-corrected chi connectivity index (χ3v) is 4.14. The number of benzene rings is 1. The molecule has 1 aliphatic heterocycles. The van der Waals surface area contributed by atoms with E-state index in [1.807, 2.05) is 25.1 Å². The van der Waals surface area contributed by atoms with Gasteiger partial charge in [-0.3, -0.25) is 9.69 Å². The van der Waals surface area contributed by atoms with Gasteiger partial charge in [-0.15, -0.1) is 0 Å². The van der Waals surface area contributed by atoms with E-state index in [4.69, 9.17) is 0 Å². The fraction of sp³-hybridized carbons (Fsp3) is 0.500. The van der Waals surface area contributed by atoms with Crippen molar-refractivity contribution in [2.45, 2.75) is 39.2 Å². The Labute approximate surface area is 125 Å². The number of anilines is 1. The van der Waals surface area contributed by atoms with E-state index in [9.17, 15) is 14.7 Å². The summed E-state index contributed by atoms with van der Waals surface area (Å²) < 4.78 is 0. The van der Waals surface area contributed by atoms with Crippen LogP contribution in [0.15, 0.2) is 24.3 Å². The molecule has 0 spiro atoms. The smallest absolute Gasteiger partial charge is 0.322 e. The molecule has 0 aliphatic carbocycles. The lowest BCUT2D eigenvalue weighted by molar-refractivity contribution is -0.139. The van der Waals surface area contributed by atoms with E-state index in [1.54, 1.807) is 11.0 Å². The van der Waals surface area contributed by atoms with Gasteiger partial charge in [0.2, 0.25) is 0 Å². The minimum atomic E-state index is -0.835. The number of amides is 2. The second kappa shape index (κ2) is 6.16. The molecule has 0 saturated carbocycles. The van der Waals surface area contributed by atoms with Gasteiger partial charge in [-0.2, -0.15) is 0 Å². The van der Waals surface area contributed by atoms with Crippen molar-refractivity contribution in [1.29, 1.82) is 0 Å². The highest BCUT2D eigenvalue weighted by Gasteiger charge is 2.32. The number of urea groups is 1. The maximum Gasteiger partial charge on any atom is 0.322 e. The molecule has 5 heteroatoms. The molecule has 2 atom stereocenters. The molecule has 0 fully saturated rings. The predicted octanol–water partition coefficient (Wildman–Crippen LogP) is 2.82. The third-order valence-electron chi connectivity index (χ3n) is 4.14. The number of rotatable bonds is 3. The van der Waals surface area contributed by atoms with Crippen LogP contribution in [0.25, 0.3) is 0 Å². The SMILES string of the molecule is CC(C)C(C)NC(=O)N1CCC(C(=O)O)c2ccccc21. The summed E-state index contributed by atoms with van der Waals surface area (Å²) in [6.07, 6.45) is 0.440. The lowest BCUT2D eigenvalue weighted by Crippen LogP contribution is -2.48. The number of carbonyl (C=O) groups excluding carboxylic acids is 1. The average Bonchev–Trinajstić information content (AvgIpc) is 2.45. The highest BCUT2D eigenvalue weighted by Crippen LogP contribution is 2.35. The van der Waals surface area contributed by atoms with Crippen molar-refractivity contribution in [2.75, 3.05) is 11.4 Å². The summed E-state index contributed by atoms with van der Waals surface area (Å²) in [7, 11) is 0. The number of aliphatic carboxylic acids is 1. The zero-order valence-electron chi connectivity index (χ0n) is 12.7. The van der Waals surface area contributed by atoms with Crippen molar-refractivity contribution in [1.82, 2.24) is 5.32 Å². The molecule has 0 aromatic heterocycles. The van der Waals surface area contributed by atoms with Gasteiger partial charge in [-0.05, 0) is 30.9 Å². The fourth-order valence-electron chi connectivity index (χ4n) is 2.47. The number of hydrogen-bond donors (Lipinski definition) is 2. The van der Waals surface area contributed by atoms with Crippen LogP contribution in [0, 0.1) is 5.92 Å². The molecule has 0 bridgehead atoms. The Morgan fingerprint density at radius 2 is 1.95 bits per heavy atom. The molecule has 1 aromatic carbocycles. The van der Waals surface area contributed by atoms with Crippen molar-refractivity contribution in [3.8, 4) is 0 Å². The maximum absolute atomic E-state index is 12.4. The van der Waals surface area contributed by atoms with E-state index in [0.717, 1.165) is 0 Å². The van der Waals surface area contributed by atoms with Crippen LogP contribution in [0.5, 0.6) is 0 Å². The first kappa shape index (κ1) is 15.4. The molecule has 5 nitrogen and oxygen atoms in total. The highest BCUT2D eigenvalue weighted by molar-refractivity contribution is 5.95. The predicted molar refractivity (Wildman–Crippen MR) is 81.6 cm³/mol. The quantitative estimate of drug-likeness (QED) is 0.899. The van der Waals surface area contributed by atoms with Crippen molar-refractivity contribution in [2.24, 2.45) is 5.92 Å². The van der Waals surface area contributed by atoms with E-state index in [1.165, 1.54) is 0 Å². The van der Waals surface area contributed by atoms with Gasteiger partial charge in [0, 0.05) is 18.3 Å². The Balaban J connectivity index is 2.25. The monoisotopic (exact) mass is 290 g/mol. The molecule has 2 amide bonds. The lowest BCUT2D eigenvalue weighted by Gasteiger charge is -2.33. The zero-order valence-corrected chi connectivity index (χ0v) is 12.7. The number of hydrogen-bond acceptors (Lipinski definition) is 2. The number of nitrogens with zero attached hydrogens (tertiary/aromatic N) is 1. The number of carboxylic acids is 1. The Kier molecular flexibility index (Phi) is 4.50. The van der Waals surface area contributed by atoms with Crippen LogP contribution in [-0.4, -0.2) is 29.7 Å². The van der Waals surface area contributed by atoms with Crippen molar-refractivity contribution in [3.05, 3.63) is 29.8 Å². The number of para-hydroxylation sites is 1. The van der Waals surface area contributed by atoms with E-state index in [0.29, 0.717) is 30.1 Å². The van der Waals surface area contributed by atoms with Crippen molar-refractivity contribution in [3.63, 3.8) is 0 Å².